The summed E-state index contributed by atoms with van der Waals surface area (Å²) in [4.78, 5) is 19.2. The molecule has 4 nitrogen and oxygen atoms in total. The average molecular weight is 301 g/mol. The molecule has 0 spiro atoms. The van der Waals surface area contributed by atoms with Crippen LogP contribution in [0.3, 0.4) is 0 Å². The number of ether oxygens (including phenoxy) is 1. The van der Waals surface area contributed by atoms with Crippen LogP contribution in [-0.4, -0.2) is 9.97 Å². The third kappa shape index (κ3) is 2.90. The molecule has 0 bridgehead atoms. The number of halogens is 1. The lowest BCUT2D eigenvalue weighted by atomic mass is 10.2. The highest BCUT2D eigenvalue weighted by Gasteiger charge is 2.05. The van der Waals surface area contributed by atoms with Gasteiger partial charge in [-0.15, -0.1) is 0 Å². The number of H-pyrrole nitrogens is 1. The first-order valence-electron chi connectivity index (χ1n) is 6.62. The van der Waals surface area contributed by atoms with Gasteiger partial charge in [0.05, 0.1) is 10.9 Å². The van der Waals surface area contributed by atoms with Gasteiger partial charge in [0.2, 0.25) is 0 Å². The zero-order valence-electron chi connectivity index (χ0n) is 11.4. The molecule has 0 aliphatic heterocycles. The molecule has 0 atom stereocenters. The normalized spacial score (nSPS) is 10.8. The minimum absolute atomic E-state index is 0.154. The topological polar surface area (TPSA) is 55.0 Å². The Kier molecular flexibility index (Phi) is 3.62. The van der Waals surface area contributed by atoms with Gasteiger partial charge in [-0.2, -0.15) is 0 Å². The molecule has 0 radical (unpaired) electrons. The van der Waals surface area contributed by atoms with Crippen molar-refractivity contribution >= 4 is 22.5 Å². The van der Waals surface area contributed by atoms with Gasteiger partial charge in [0.1, 0.15) is 17.3 Å². The van der Waals surface area contributed by atoms with Gasteiger partial charge in [-0.05, 0) is 42.5 Å². The zero-order valence-corrected chi connectivity index (χ0v) is 12.1. The monoisotopic (exact) mass is 300 g/mol. The Morgan fingerprint density at radius 3 is 2.57 bits per heavy atom. The number of aryl methyl sites for hydroxylation is 1. The summed E-state index contributed by atoms with van der Waals surface area (Å²) in [5, 5.41) is 1.16. The van der Waals surface area contributed by atoms with Gasteiger partial charge in [0, 0.05) is 11.4 Å². The summed E-state index contributed by atoms with van der Waals surface area (Å²) < 4.78 is 5.71. The summed E-state index contributed by atoms with van der Waals surface area (Å²) in [5.74, 6) is 1.92. The number of rotatable bonds is 3. The first kappa shape index (κ1) is 13.6. The van der Waals surface area contributed by atoms with E-state index in [2.05, 4.69) is 9.97 Å². The number of hydrogen-bond donors (Lipinski definition) is 1. The Labute approximate surface area is 126 Å². The molecule has 0 amide bonds. The molecule has 0 saturated heterocycles. The van der Waals surface area contributed by atoms with Crippen molar-refractivity contribution in [1.29, 1.82) is 0 Å². The van der Waals surface area contributed by atoms with Crippen LogP contribution < -0.4 is 10.3 Å². The number of aromatic amines is 1. The fourth-order valence-electron chi connectivity index (χ4n) is 2.04. The van der Waals surface area contributed by atoms with Crippen LogP contribution in [0.4, 0.5) is 0 Å². The Morgan fingerprint density at radius 1 is 1.14 bits per heavy atom. The van der Waals surface area contributed by atoms with Gasteiger partial charge in [0.25, 0.3) is 5.56 Å². The molecular weight excluding hydrogens is 288 g/mol. The summed E-state index contributed by atoms with van der Waals surface area (Å²) in [6, 6.07) is 12.3. The maximum Gasteiger partial charge on any atom is 0.258 e. The van der Waals surface area contributed by atoms with Crippen molar-refractivity contribution in [2.45, 2.75) is 13.3 Å². The molecule has 21 heavy (non-hydrogen) atoms. The highest BCUT2D eigenvalue weighted by Crippen LogP contribution is 2.24. The Hall–Kier alpha value is -2.33. The molecule has 0 aliphatic rings. The highest BCUT2D eigenvalue weighted by atomic mass is 35.5. The van der Waals surface area contributed by atoms with E-state index in [0.717, 1.165) is 0 Å². The van der Waals surface area contributed by atoms with Crippen LogP contribution in [0.25, 0.3) is 10.9 Å². The lowest BCUT2D eigenvalue weighted by molar-refractivity contribution is 0.483. The predicted octanol–water partition coefficient (Wildman–Crippen LogP) is 3.93. The molecule has 0 unspecified atom stereocenters. The van der Waals surface area contributed by atoms with E-state index in [4.69, 9.17) is 16.3 Å². The molecule has 0 fully saturated rings. The summed E-state index contributed by atoms with van der Waals surface area (Å²) in [5.41, 5.74) is 0.512. The zero-order chi connectivity index (χ0) is 14.8. The van der Waals surface area contributed by atoms with Gasteiger partial charge >= 0.3 is 0 Å². The standard InChI is InChI=1S/C16H13ClN2O2/c1-2-15-18-14-8-7-12(9-13(14)16(20)19-15)21-11-5-3-10(17)4-6-11/h3-9H,2H2,1H3,(H,18,19,20). The van der Waals surface area contributed by atoms with Gasteiger partial charge in [-0.25, -0.2) is 4.98 Å². The highest BCUT2D eigenvalue weighted by molar-refractivity contribution is 6.30. The first-order valence-corrected chi connectivity index (χ1v) is 7.00. The summed E-state index contributed by atoms with van der Waals surface area (Å²) in [6.45, 7) is 1.95. The largest absolute Gasteiger partial charge is 0.457 e. The number of aromatic nitrogens is 2. The molecule has 3 aromatic rings. The number of nitrogens with one attached hydrogen (secondary N) is 1. The molecule has 1 N–H and O–H groups in total. The molecule has 0 aliphatic carbocycles. The van der Waals surface area contributed by atoms with E-state index in [1.807, 2.05) is 6.92 Å². The lowest BCUT2D eigenvalue weighted by Gasteiger charge is -2.07. The van der Waals surface area contributed by atoms with Gasteiger partial charge in [0.15, 0.2) is 0 Å². The molecule has 3 rings (SSSR count). The van der Waals surface area contributed by atoms with Crippen molar-refractivity contribution < 1.29 is 4.74 Å². The molecule has 1 heterocycles. The molecule has 2 aromatic carbocycles. The number of nitrogens with zero attached hydrogens (tertiary/aromatic N) is 1. The molecule has 1 aromatic heterocycles. The van der Waals surface area contributed by atoms with E-state index in [1.54, 1.807) is 42.5 Å². The minimum atomic E-state index is -0.154. The average Bonchev–Trinajstić information content (AvgIpc) is 2.50. The molecule has 0 saturated carbocycles. The van der Waals surface area contributed by atoms with Gasteiger partial charge < -0.3 is 9.72 Å². The Morgan fingerprint density at radius 2 is 1.86 bits per heavy atom. The summed E-state index contributed by atoms with van der Waals surface area (Å²) in [6.07, 6.45) is 0.689. The predicted molar refractivity (Wildman–Crippen MR) is 83.3 cm³/mol. The van der Waals surface area contributed by atoms with Crippen LogP contribution in [0, 0.1) is 0 Å². The van der Waals surface area contributed by atoms with Crippen LogP contribution in [-0.2, 0) is 6.42 Å². The smallest absolute Gasteiger partial charge is 0.258 e. The molecule has 5 heteroatoms. The van der Waals surface area contributed by atoms with Crippen molar-refractivity contribution in [3.63, 3.8) is 0 Å². The second kappa shape index (κ2) is 5.58. The maximum atomic E-state index is 12.0. The summed E-state index contributed by atoms with van der Waals surface area (Å²) >= 11 is 5.83. The van der Waals surface area contributed by atoms with Crippen LogP contribution in [0.5, 0.6) is 11.5 Å². The quantitative estimate of drug-likeness (QED) is 0.797. The Bertz CT molecular complexity index is 841. The van der Waals surface area contributed by atoms with Crippen LogP contribution in [0.1, 0.15) is 12.7 Å². The van der Waals surface area contributed by atoms with Crippen molar-refractivity contribution in [3.05, 3.63) is 63.7 Å². The van der Waals surface area contributed by atoms with E-state index >= 15 is 0 Å². The summed E-state index contributed by atoms with van der Waals surface area (Å²) in [7, 11) is 0. The fourth-order valence-corrected chi connectivity index (χ4v) is 2.16. The third-order valence-corrected chi connectivity index (χ3v) is 3.36. The van der Waals surface area contributed by atoms with Crippen molar-refractivity contribution in [2.75, 3.05) is 0 Å². The minimum Gasteiger partial charge on any atom is -0.457 e. The van der Waals surface area contributed by atoms with Crippen molar-refractivity contribution in [2.24, 2.45) is 0 Å². The number of fused-ring (bicyclic) bond motifs is 1. The van der Waals surface area contributed by atoms with Crippen LogP contribution in [0.15, 0.2) is 47.3 Å². The van der Waals surface area contributed by atoms with E-state index in [0.29, 0.717) is 39.7 Å². The Balaban J connectivity index is 1.99. The van der Waals surface area contributed by atoms with E-state index in [9.17, 15) is 4.79 Å². The SMILES string of the molecule is CCc1nc2ccc(Oc3ccc(Cl)cc3)cc2c(=O)[nH]1. The second-order valence-electron chi connectivity index (χ2n) is 4.60. The lowest BCUT2D eigenvalue weighted by Crippen LogP contribution is -2.11. The maximum absolute atomic E-state index is 12.0. The van der Waals surface area contributed by atoms with Gasteiger partial charge in [-0.1, -0.05) is 18.5 Å². The fraction of sp³-hybridized carbons (Fsp3) is 0.125. The molecule has 106 valence electrons. The first-order chi connectivity index (χ1) is 10.2. The van der Waals surface area contributed by atoms with E-state index in [1.165, 1.54) is 0 Å². The van der Waals surface area contributed by atoms with Crippen molar-refractivity contribution in [1.82, 2.24) is 9.97 Å². The van der Waals surface area contributed by atoms with Crippen LogP contribution in [0.2, 0.25) is 5.02 Å². The van der Waals surface area contributed by atoms with E-state index < -0.39 is 0 Å². The number of hydrogen-bond acceptors (Lipinski definition) is 3. The molecular formula is C16H13ClN2O2. The second-order valence-corrected chi connectivity index (χ2v) is 5.04. The number of benzene rings is 2. The van der Waals surface area contributed by atoms with Gasteiger partial charge in [-0.3, -0.25) is 4.79 Å². The van der Waals surface area contributed by atoms with E-state index in [-0.39, 0.29) is 5.56 Å². The van der Waals surface area contributed by atoms with Crippen LogP contribution >= 0.6 is 11.6 Å². The third-order valence-electron chi connectivity index (χ3n) is 3.11. The van der Waals surface area contributed by atoms with Crippen molar-refractivity contribution in [3.8, 4) is 11.5 Å².